The number of rotatable bonds is 3. The van der Waals surface area contributed by atoms with Gasteiger partial charge in [-0.1, -0.05) is 0 Å². The van der Waals surface area contributed by atoms with Gasteiger partial charge in [-0.3, -0.25) is 9.36 Å². The molecule has 0 atom stereocenters. The molecule has 6 heteroatoms. The van der Waals surface area contributed by atoms with E-state index in [-0.39, 0.29) is 6.10 Å². The summed E-state index contributed by atoms with van der Waals surface area (Å²) >= 11 is 0. The summed E-state index contributed by atoms with van der Waals surface area (Å²) in [6, 6.07) is 0. The summed E-state index contributed by atoms with van der Waals surface area (Å²) in [7, 11) is -4.30. The van der Waals surface area contributed by atoms with Crippen molar-refractivity contribution in [2.24, 2.45) is 23.7 Å². The van der Waals surface area contributed by atoms with Crippen molar-refractivity contribution >= 4 is 13.6 Å². The monoisotopic (exact) mass is 274 g/mol. The van der Waals surface area contributed by atoms with Gasteiger partial charge in [0.2, 0.25) is 0 Å². The quantitative estimate of drug-likeness (QED) is 0.602. The zero-order valence-electron chi connectivity index (χ0n) is 10.2. The molecule has 0 amide bonds. The molecule has 4 saturated carbocycles. The van der Waals surface area contributed by atoms with Crippen LogP contribution in [0.15, 0.2) is 0 Å². The number of carbonyl (C=O) groups is 1. The van der Waals surface area contributed by atoms with Crippen LogP contribution >= 0.6 is 7.60 Å². The van der Waals surface area contributed by atoms with Crippen molar-refractivity contribution in [2.75, 3.05) is 6.16 Å². The van der Waals surface area contributed by atoms with Crippen LogP contribution < -0.4 is 0 Å². The molecule has 0 aromatic rings. The van der Waals surface area contributed by atoms with Crippen LogP contribution in [0.25, 0.3) is 0 Å². The minimum Gasteiger partial charge on any atom is -0.461 e. The van der Waals surface area contributed by atoms with Gasteiger partial charge in [-0.25, -0.2) is 0 Å². The third-order valence-electron chi connectivity index (χ3n) is 4.74. The largest absolute Gasteiger partial charge is 0.461 e. The molecule has 4 rings (SSSR count). The normalized spacial score (nSPS) is 42.0. The van der Waals surface area contributed by atoms with Gasteiger partial charge in [-0.05, 0) is 55.8 Å². The molecule has 4 aliphatic rings. The zero-order valence-corrected chi connectivity index (χ0v) is 11.1. The highest BCUT2D eigenvalue weighted by Gasteiger charge is 2.50. The SMILES string of the molecule is O=C(CP(=O)(O)O)OC1C2CC3CC(C2)CC1C3. The number of hydrogen-bond donors (Lipinski definition) is 2. The second-order valence-electron chi connectivity index (χ2n) is 6.21. The second-order valence-corrected chi connectivity index (χ2v) is 7.85. The molecule has 2 N–H and O–H groups in total. The van der Waals surface area contributed by atoms with E-state index in [4.69, 9.17) is 14.5 Å². The Morgan fingerprint density at radius 1 is 1.06 bits per heavy atom. The summed E-state index contributed by atoms with van der Waals surface area (Å²) in [5.41, 5.74) is 0. The molecule has 4 fully saturated rings. The summed E-state index contributed by atoms with van der Waals surface area (Å²) in [4.78, 5) is 29.1. The standard InChI is InChI=1S/C12H19O5P/c13-11(6-18(14,15)16)17-12-9-2-7-1-8(4-9)5-10(12)3-7/h7-10,12H,1-6H2,(H2,14,15,16). The predicted molar refractivity (Wildman–Crippen MR) is 63.8 cm³/mol. The zero-order chi connectivity index (χ0) is 12.9. The maximum Gasteiger partial charge on any atom is 0.336 e. The Morgan fingerprint density at radius 3 is 2.00 bits per heavy atom. The molecule has 0 radical (unpaired) electrons. The van der Waals surface area contributed by atoms with Crippen molar-refractivity contribution < 1.29 is 23.9 Å². The van der Waals surface area contributed by atoms with E-state index >= 15 is 0 Å². The van der Waals surface area contributed by atoms with E-state index in [1.54, 1.807) is 0 Å². The fourth-order valence-electron chi connectivity index (χ4n) is 4.42. The van der Waals surface area contributed by atoms with Crippen molar-refractivity contribution in [3.63, 3.8) is 0 Å². The third kappa shape index (κ3) is 2.49. The third-order valence-corrected chi connectivity index (χ3v) is 5.41. The van der Waals surface area contributed by atoms with Crippen molar-refractivity contribution in [2.45, 2.75) is 38.2 Å². The van der Waals surface area contributed by atoms with Gasteiger partial charge in [0.1, 0.15) is 12.3 Å². The average Bonchev–Trinajstić information content (AvgIpc) is 2.19. The summed E-state index contributed by atoms with van der Waals surface area (Å²) in [6.07, 6.45) is 4.96. The Hall–Kier alpha value is -0.380. The smallest absolute Gasteiger partial charge is 0.336 e. The van der Waals surface area contributed by atoms with Crippen LogP contribution in [-0.2, 0) is 14.1 Å². The molecule has 0 aliphatic heterocycles. The molecule has 18 heavy (non-hydrogen) atoms. The molecule has 4 aliphatic carbocycles. The lowest BCUT2D eigenvalue weighted by atomic mass is 9.55. The van der Waals surface area contributed by atoms with E-state index in [9.17, 15) is 9.36 Å². The van der Waals surface area contributed by atoms with Gasteiger partial charge in [0.25, 0.3) is 0 Å². The summed E-state index contributed by atoms with van der Waals surface area (Å²) in [6.45, 7) is 0. The highest BCUT2D eigenvalue weighted by molar-refractivity contribution is 7.52. The van der Waals surface area contributed by atoms with Gasteiger partial charge in [0.15, 0.2) is 0 Å². The number of ether oxygens (including phenoxy) is 1. The van der Waals surface area contributed by atoms with Gasteiger partial charge in [0.05, 0.1) is 0 Å². The maximum atomic E-state index is 11.5. The fraction of sp³-hybridized carbons (Fsp3) is 0.917. The van der Waals surface area contributed by atoms with E-state index in [0.29, 0.717) is 11.8 Å². The van der Waals surface area contributed by atoms with Gasteiger partial charge < -0.3 is 14.5 Å². The van der Waals surface area contributed by atoms with E-state index in [0.717, 1.165) is 37.5 Å². The van der Waals surface area contributed by atoms with Gasteiger partial charge >= 0.3 is 13.6 Å². The number of carbonyl (C=O) groups excluding carboxylic acids is 1. The van der Waals surface area contributed by atoms with Crippen molar-refractivity contribution in [1.29, 1.82) is 0 Å². The summed E-state index contributed by atoms with van der Waals surface area (Å²) < 4.78 is 16.2. The number of esters is 1. The first-order chi connectivity index (χ1) is 8.40. The lowest BCUT2D eigenvalue weighted by molar-refractivity contribution is -0.167. The molecule has 5 nitrogen and oxygen atoms in total. The molecule has 0 aromatic heterocycles. The number of hydrogen-bond acceptors (Lipinski definition) is 3. The van der Waals surface area contributed by atoms with Crippen LogP contribution in [0, 0.1) is 23.7 Å². The van der Waals surface area contributed by atoms with Crippen LogP contribution in [-0.4, -0.2) is 28.0 Å². The highest BCUT2D eigenvalue weighted by atomic mass is 31.2. The molecule has 0 saturated heterocycles. The fourth-order valence-corrected chi connectivity index (χ4v) is 4.84. The van der Waals surface area contributed by atoms with Gasteiger partial charge in [-0.15, -0.1) is 0 Å². The van der Waals surface area contributed by atoms with E-state index in [1.807, 2.05) is 0 Å². The van der Waals surface area contributed by atoms with Gasteiger partial charge in [-0.2, -0.15) is 0 Å². The van der Waals surface area contributed by atoms with Crippen molar-refractivity contribution in [3.8, 4) is 0 Å². The van der Waals surface area contributed by atoms with Crippen LogP contribution in [0.1, 0.15) is 32.1 Å². The molecule has 102 valence electrons. The lowest BCUT2D eigenvalue weighted by Crippen LogP contribution is -2.50. The summed E-state index contributed by atoms with van der Waals surface area (Å²) in [5, 5.41) is 0. The Balaban J connectivity index is 1.63. The minimum atomic E-state index is -4.30. The Labute approximate surface area is 106 Å². The summed E-state index contributed by atoms with van der Waals surface area (Å²) in [5.74, 6) is 1.72. The first kappa shape index (κ1) is 12.6. The molecule has 0 heterocycles. The minimum absolute atomic E-state index is 0.0863. The maximum absolute atomic E-state index is 11.5. The first-order valence-electron chi connectivity index (χ1n) is 6.65. The van der Waals surface area contributed by atoms with Crippen LogP contribution in [0.4, 0.5) is 0 Å². The highest BCUT2D eigenvalue weighted by Crippen LogP contribution is 2.54. The molecule has 0 spiro atoms. The topological polar surface area (TPSA) is 83.8 Å². The lowest BCUT2D eigenvalue weighted by Gasteiger charge is -2.53. The molecule has 4 bridgehead atoms. The van der Waals surface area contributed by atoms with Gasteiger partial charge in [0, 0.05) is 0 Å². The van der Waals surface area contributed by atoms with Crippen molar-refractivity contribution in [3.05, 3.63) is 0 Å². The van der Waals surface area contributed by atoms with E-state index in [2.05, 4.69) is 0 Å². The first-order valence-corrected chi connectivity index (χ1v) is 8.44. The second kappa shape index (κ2) is 4.32. The predicted octanol–water partition coefficient (Wildman–Crippen LogP) is 1.53. The molecular weight excluding hydrogens is 255 g/mol. The average molecular weight is 274 g/mol. The molecular formula is C12H19O5P. The van der Waals surface area contributed by atoms with Crippen LogP contribution in [0.3, 0.4) is 0 Å². The Kier molecular flexibility index (Phi) is 3.04. The molecule has 0 aromatic carbocycles. The van der Waals surface area contributed by atoms with Crippen LogP contribution in [0.5, 0.6) is 0 Å². The van der Waals surface area contributed by atoms with E-state index in [1.165, 1.54) is 6.42 Å². The van der Waals surface area contributed by atoms with Crippen molar-refractivity contribution in [1.82, 2.24) is 0 Å². The molecule has 0 unspecified atom stereocenters. The Morgan fingerprint density at radius 2 is 1.56 bits per heavy atom. The van der Waals surface area contributed by atoms with E-state index < -0.39 is 19.7 Å². The van der Waals surface area contributed by atoms with Crippen LogP contribution in [0.2, 0.25) is 0 Å². The Bertz CT molecular complexity index is 373.